The van der Waals surface area contributed by atoms with Gasteiger partial charge in [-0.2, -0.15) is 0 Å². The van der Waals surface area contributed by atoms with Crippen LogP contribution in [0, 0.1) is 6.92 Å². The van der Waals surface area contributed by atoms with Gasteiger partial charge in [0.05, 0.1) is 58.3 Å². The Bertz CT molecular complexity index is 1430. The van der Waals surface area contributed by atoms with Crippen molar-refractivity contribution in [2.75, 3.05) is 65.2 Å². The number of ether oxygens (including phenoxy) is 5. The van der Waals surface area contributed by atoms with Gasteiger partial charge in [-0.05, 0) is 43.2 Å². The average molecular weight is 579 g/mol. The van der Waals surface area contributed by atoms with Gasteiger partial charge >= 0.3 is 0 Å². The molecule has 4 aromatic rings. The monoisotopic (exact) mass is 578 g/mol. The Labute approximate surface area is 245 Å². The lowest BCUT2D eigenvalue weighted by atomic mass is 10.1. The number of hydrogen-bond acceptors (Lipinski definition) is 10. The predicted octanol–water partition coefficient (Wildman–Crippen LogP) is 5.38. The molecule has 41 heavy (non-hydrogen) atoms. The van der Waals surface area contributed by atoms with E-state index < -0.39 is 0 Å². The largest absolute Gasteiger partial charge is 0.493 e. The number of nitrogens with one attached hydrogen (secondary N) is 2. The van der Waals surface area contributed by atoms with Crippen LogP contribution in [0.1, 0.15) is 29.2 Å². The third-order valence-electron chi connectivity index (χ3n) is 6.75. The van der Waals surface area contributed by atoms with Crippen LogP contribution in [0.3, 0.4) is 0 Å². The molecule has 0 saturated heterocycles. The molecule has 218 valence electrons. The van der Waals surface area contributed by atoms with Crippen LogP contribution < -0.4 is 20.1 Å². The standard InChI is InChI=1S/C31H38N4O5S/c1-21-29-8-9-30(41-29)24-7-5-4-6-23(24)20-32-10-11-37-12-13-38-14-15-39-16-17-40-28-18-25-26(19-27(28)36-3)34-22(2)35-31(25)33-21/h4-9,18-19,21,32H,10-17,20H2,1-3H3,(H,33,34,35). The summed E-state index contributed by atoms with van der Waals surface area (Å²) in [7, 11) is 1.63. The van der Waals surface area contributed by atoms with Crippen molar-refractivity contribution < 1.29 is 23.7 Å². The third-order valence-corrected chi connectivity index (χ3v) is 8.05. The minimum Gasteiger partial charge on any atom is -0.493 e. The number of rotatable bonds is 1. The molecule has 1 atom stereocenters. The number of aryl methyl sites for hydroxylation is 1. The summed E-state index contributed by atoms with van der Waals surface area (Å²) in [6.45, 7) is 9.12. The van der Waals surface area contributed by atoms with Crippen LogP contribution >= 0.6 is 11.3 Å². The lowest BCUT2D eigenvalue weighted by Gasteiger charge is -2.17. The van der Waals surface area contributed by atoms with Crippen molar-refractivity contribution in [3.05, 3.63) is 64.8 Å². The quantitative estimate of drug-likeness (QED) is 0.309. The third kappa shape index (κ3) is 7.72. The molecule has 3 heterocycles. The zero-order chi connectivity index (χ0) is 28.4. The van der Waals surface area contributed by atoms with Gasteiger partial charge < -0.3 is 34.3 Å². The second-order valence-corrected chi connectivity index (χ2v) is 10.8. The summed E-state index contributed by atoms with van der Waals surface area (Å²) < 4.78 is 28.7. The molecule has 5 rings (SSSR count). The molecule has 4 bridgehead atoms. The second kappa shape index (κ2) is 14.6. The van der Waals surface area contributed by atoms with E-state index in [0.717, 1.165) is 29.8 Å². The first-order valence-electron chi connectivity index (χ1n) is 14.0. The van der Waals surface area contributed by atoms with Crippen molar-refractivity contribution in [2.45, 2.75) is 26.4 Å². The van der Waals surface area contributed by atoms with Crippen LogP contribution in [-0.4, -0.2) is 69.9 Å². The fourth-order valence-electron chi connectivity index (χ4n) is 4.68. The molecule has 2 aromatic carbocycles. The predicted molar refractivity (Wildman–Crippen MR) is 162 cm³/mol. The Morgan fingerprint density at radius 1 is 0.902 bits per heavy atom. The van der Waals surface area contributed by atoms with Crippen molar-refractivity contribution >= 4 is 28.1 Å². The normalized spacial score (nSPS) is 18.0. The highest BCUT2D eigenvalue weighted by atomic mass is 32.1. The molecule has 9 nitrogen and oxygen atoms in total. The fourth-order valence-corrected chi connectivity index (χ4v) is 5.75. The SMILES string of the molecule is COc1cc2nc(C)nc3c2cc1OCCOCCOCCOCCNCc1ccccc1-c1ccc(s1)C(C)N3. The van der Waals surface area contributed by atoms with Gasteiger partial charge in [-0.15, -0.1) is 11.3 Å². The molecule has 0 fully saturated rings. The molecular weight excluding hydrogens is 540 g/mol. The van der Waals surface area contributed by atoms with E-state index in [1.54, 1.807) is 18.4 Å². The molecule has 0 saturated carbocycles. The second-order valence-electron chi connectivity index (χ2n) is 9.73. The first-order valence-corrected chi connectivity index (χ1v) is 14.8. The molecular formula is C31H38N4O5S. The number of aromatic nitrogens is 2. The molecule has 0 spiro atoms. The van der Waals surface area contributed by atoms with E-state index in [2.05, 4.69) is 58.9 Å². The van der Waals surface area contributed by atoms with Gasteiger partial charge in [-0.3, -0.25) is 0 Å². The van der Waals surface area contributed by atoms with E-state index in [0.29, 0.717) is 63.6 Å². The molecule has 10 heteroatoms. The van der Waals surface area contributed by atoms with E-state index in [9.17, 15) is 0 Å². The highest BCUT2D eigenvalue weighted by Crippen LogP contribution is 2.37. The van der Waals surface area contributed by atoms with E-state index in [-0.39, 0.29) is 6.04 Å². The Morgan fingerprint density at radius 3 is 2.46 bits per heavy atom. The van der Waals surface area contributed by atoms with E-state index in [4.69, 9.17) is 28.7 Å². The maximum absolute atomic E-state index is 6.05. The van der Waals surface area contributed by atoms with Crippen LogP contribution in [0.4, 0.5) is 5.82 Å². The molecule has 0 aliphatic carbocycles. The minimum absolute atomic E-state index is 0.0326. The summed E-state index contributed by atoms with van der Waals surface area (Å²) in [6, 6.07) is 16.8. The zero-order valence-corrected chi connectivity index (χ0v) is 24.7. The summed E-state index contributed by atoms with van der Waals surface area (Å²) in [5.41, 5.74) is 3.29. The first kappa shape index (κ1) is 29.2. The van der Waals surface area contributed by atoms with Gasteiger partial charge in [-0.25, -0.2) is 9.97 Å². The fraction of sp³-hybridized carbons (Fsp3) is 0.419. The van der Waals surface area contributed by atoms with E-state index >= 15 is 0 Å². The average Bonchev–Trinajstić information content (AvgIpc) is 3.47. The van der Waals surface area contributed by atoms with E-state index in [1.807, 2.05) is 19.1 Å². The van der Waals surface area contributed by atoms with Crippen LogP contribution in [0.25, 0.3) is 21.3 Å². The summed E-state index contributed by atoms with van der Waals surface area (Å²) in [5, 5.41) is 8.00. The molecule has 0 amide bonds. The maximum atomic E-state index is 6.05. The van der Waals surface area contributed by atoms with Crippen LogP contribution in [0.2, 0.25) is 0 Å². The number of hydrogen-bond donors (Lipinski definition) is 2. The van der Waals surface area contributed by atoms with Crippen molar-refractivity contribution in [3.63, 3.8) is 0 Å². The lowest BCUT2D eigenvalue weighted by Crippen LogP contribution is -2.20. The topological polar surface area (TPSA) is 96.0 Å². The summed E-state index contributed by atoms with van der Waals surface area (Å²) in [4.78, 5) is 11.9. The number of methoxy groups -OCH3 is 1. The van der Waals surface area contributed by atoms with Crippen molar-refractivity contribution in [2.24, 2.45) is 0 Å². The lowest BCUT2D eigenvalue weighted by molar-refractivity contribution is 0.00971. The van der Waals surface area contributed by atoms with Crippen LogP contribution in [0.15, 0.2) is 48.5 Å². The Balaban J connectivity index is 1.42. The maximum Gasteiger partial charge on any atom is 0.162 e. The first-order chi connectivity index (χ1) is 20.1. The number of benzene rings is 2. The molecule has 1 unspecified atom stereocenters. The zero-order valence-electron chi connectivity index (χ0n) is 23.9. The number of thiophene rings is 1. The highest BCUT2D eigenvalue weighted by Gasteiger charge is 2.17. The van der Waals surface area contributed by atoms with Crippen molar-refractivity contribution in [1.29, 1.82) is 0 Å². The van der Waals surface area contributed by atoms with Gasteiger partial charge in [0, 0.05) is 34.3 Å². The van der Waals surface area contributed by atoms with Gasteiger partial charge in [-0.1, -0.05) is 24.3 Å². The van der Waals surface area contributed by atoms with Gasteiger partial charge in [0.1, 0.15) is 18.2 Å². The Kier molecular flexibility index (Phi) is 10.4. The van der Waals surface area contributed by atoms with Gasteiger partial charge in [0.2, 0.25) is 0 Å². The van der Waals surface area contributed by atoms with Crippen molar-refractivity contribution in [3.8, 4) is 21.9 Å². The van der Waals surface area contributed by atoms with Crippen molar-refractivity contribution in [1.82, 2.24) is 15.3 Å². The Morgan fingerprint density at radius 2 is 1.66 bits per heavy atom. The molecule has 0 radical (unpaired) electrons. The molecule has 2 N–H and O–H groups in total. The smallest absolute Gasteiger partial charge is 0.162 e. The van der Waals surface area contributed by atoms with Gasteiger partial charge in [0.25, 0.3) is 0 Å². The number of fused-ring (bicyclic) bond motifs is 5. The summed E-state index contributed by atoms with van der Waals surface area (Å²) >= 11 is 1.79. The van der Waals surface area contributed by atoms with E-state index in [1.165, 1.54) is 20.9 Å². The highest BCUT2D eigenvalue weighted by molar-refractivity contribution is 7.15. The van der Waals surface area contributed by atoms with Crippen LogP contribution in [0.5, 0.6) is 11.5 Å². The Hall–Kier alpha value is -3.28. The van der Waals surface area contributed by atoms with Gasteiger partial charge in [0.15, 0.2) is 11.5 Å². The summed E-state index contributed by atoms with van der Waals surface area (Å²) in [6.07, 6.45) is 0. The molecule has 1 aliphatic rings. The minimum atomic E-state index is 0.0326. The molecule has 1 aliphatic heterocycles. The summed E-state index contributed by atoms with van der Waals surface area (Å²) in [5.74, 6) is 2.68. The van der Waals surface area contributed by atoms with Crippen LogP contribution in [-0.2, 0) is 20.8 Å². The number of anilines is 1. The number of nitrogens with zero attached hydrogens (tertiary/aromatic N) is 2. The molecule has 2 aromatic heterocycles.